The summed E-state index contributed by atoms with van der Waals surface area (Å²) in [5.74, 6) is -0.159. The molecule has 1 heterocycles. The second kappa shape index (κ2) is 5.04. The largest absolute Gasteiger partial charge is 0.329 e. The summed E-state index contributed by atoms with van der Waals surface area (Å²) < 4.78 is 0. The van der Waals surface area contributed by atoms with Crippen molar-refractivity contribution in [3.63, 3.8) is 0 Å². The lowest BCUT2D eigenvalue weighted by molar-refractivity contribution is -0.127. The first-order chi connectivity index (χ1) is 5.70. The molecule has 1 rings (SSSR count). The van der Waals surface area contributed by atoms with Gasteiger partial charge < -0.3 is 11.1 Å². The van der Waals surface area contributed by atoms with Crippen LogP contribution in [0.3, 0.4) is 0 Å². The van der Waals surface area contributed by atoms with Gasteiger partial charge in [0.25, 0.3) is 5.91 Å². The van der Waals surface area contributed by atoms with Crippen molar-refractivity contribution in [2.75, 3.05) is 13.1 Å². The van der Waals surface area contributed by atoms with Crippen LogP contribution in [0.2, 0.25) is 0 Å². The standard InChI is InChI=1S/C7H13N3O2.ClH/c1-2-5-6(11)10(4-3-8)7(12)9-5;/h5H,2-4,8H2,1H3,(H,9,12);1H. The maximum Gasteiger partial charge on any atom is 0.324 e. The van der Waals surface area contributed by atoms with E-state index in [0.717, 1.165) is 4.90 Å². The van der Waals surface area contributed by atoms with Crippen molar-refractivity contribution in [2.24, 2.45) is 5.73 Å². The van der Waals surface area contributed by atoms with Gasteiger partial charge in [0.05, 0.1) is 0 Å². The van der Waals surface area contributed by atoms with E-state index in [1.807, 2.05) is 6.92 Å². The summed E-state index contributed by atoms with van der Waals surface area (Å²) in [6, 6.07) is -0.665. The van der Waals surface area contributed by atoms with E-state index in [2.05, 4.69) is 5.32 Å². The van der Waals surface area contributed by atoms with E-state index in [0.29, 0.717) is 19.5 Å². The number of halogens is 1. The average Bonchev–Trinajstić information content (AvgIpc) is 2.32. The molecule has 1 saturated heterocycles. The SMILES string of the molecule is CCC1NC(=O)N(CCN)C1=O.Cl. The molecule has 5 nitrogen and oxygen atoms in total. The van der Waals surface area contributed by atoms with Crippen molar-refractivity contribution < 1.29 is 9.59 Å². The fourth-order valence-electron chi connectivity index (χ4n) is 1.19. The summed E-state index contributed by atoms with van der Waals surface area (Å²) in [4.78, 5) is 23.6. The Hall–Kier alpha value is -0.810. The highest BCUT2D eigenvalue weighted by Crippen LogP contribution is 2.07. The minimum Gasteiger partial charge on any atom is -0.329 e. The molecule has 76 valence electrons. The number of nitrogens with two attached hydrogens (primary N) is 1. The lowest BCUT2D eigenvalue weighted by Gasteiger charge is -2.09. The zero-order valence-electron chi connectivity index (χ0n) is 7.45. The topological polar surface area (TPSA) is 75.4 Å². The Morgan fingerprint density at radius 2 is 2.15 bits per heavy atom. The lowest BCUT2D eigenvalue weighted by atomic mass is 10.2. The van der Waals surface area contributed by atoms with E-state index in [1.54, 1.807) is 0 Å². The molecule has 0 radical (unpaired) electrons. The van der Waals surface area contributed by atoms with Gasteiger partial charge in [-0.1, -0.05) is 6.92 Å². The lowest BCUT2D eigenvalue weighted by Crippen LogP contribution is -2.35. The van der Waals surface area contributed by atoms with Gasteiger partial charge in [-0.25, -0.2) is 4.79 Å². The number of carbonyl (C=O) groups is 2. The number of amides is 3. The minimum atomic E-state index is -0.343. The molecule has 1 unspecified atom stereocenters. The van der Waals surface area contributed by atoms with Gasteiger partial charge in [-0.05, 0) is 6.42 Å². The Labute approximate surface area is 83.0 Å². The zero-order valence-corrected chi connectivity index (χ0v) is 8.26. The quantitative estimate of drug-likeness (QED) is 0.624. The summed E-state index contributed by atoms with van der Waals surface area (Å²) in [5, 5.41) is 2.57. The Morgan fingerprint density at radius 3 is 2.54 bits per heavy atom. The molecular weight excluding hydrogens is 194 g/mol. The first-order valence-corrected chi connectivity index (χ1v) is 4.02. The third-order valence-corrected chi connectivity index (χ3v) is 1.87. The van der Waals surface area contributed by atoms with Crippen LogP contribution in [0.1, 0.15) is 13.3 Å². The first kappa shape index (κ1) is 12.2. The second-order valence-electron chi connectivity index (χ2n) is 2.69. The Balaban J connectivity index is 0.00000144. The van der Waals surface area contributed by atoms with Gasteiger partial charge in [0.15, 0.2) is 0 Å². The molecule has 0 bridgehead atoms. The molecular formula is C7H14ClN3O2. The molecule has 1 atom stereocenters. The predicted octanol–water partition coefficient (Wildman–Crippen LogP) is -0.303. The van der Waals surface area contributed by atoms with E-state index < -0.39 is 0 Å². The van der Waals surface area contributed by atoms with Gasteiger partial charge in [0.1, 0.15) is 6.04 Å². The van der Waals surface area contributed by atoms with Crippen molar-refractivity contribution in [3.05, 3.63) is 0 Å². The monoisotopic (exact) mass is 207 g/mol. The van der Waals surface area contributed by atoms with Crippen molar-refractivity contribution >= 4 is 24.3 Å². The average molecular weight is 208 g/mol. The molecule has 0 aromatic rings. The fraction of sp³-hybridized carbons (Fsp3) is 0.714. The molecule has 0 aromatic carbocycles. The van der Waals surface area contributed by atoms with Gasteiger partial charge in [-0.2, -0.15) is 0 Å². The van der Waals surface area contributed by atoms with E-state index in [9.17, 15) is 9.59 Å². The molecule has 13 heavy (non-hydrogen) atoms. The van der Waals surface area contributed by atoms with Gasteiger partial charge in [0.2, 0.25) is 0 Å². The van der Waals surface area contributed by atoms with Crippen LogP contribution in [0.15, 0.2) is 0 Å². The smallest absolute Gasteiger partial charge is 0.324 e. The summed E-state index contributed by atoms with van der Waals surface area (Å²) in [5.41, 5.74) is 5.25. The highest BCUT2D eigenvalue weighted by atomic mass is 35.5. The summed E-state index contributed by atoms with van der Waals surface area (Å²) in [6.07, 6.45) is 0.631. The molecule has 1 aliphatic rings. The van der Waals surface area contributed by atoms with Crippen molar-refractivity contribution in [2.45, 2.75) is 19.4 Å². The summed E-state index contributed by atoms with van der Waals surface area (Å²) in [7, 11) is 0. The van der Waals surface area contributed by atoms with Crippen molar-refractivity contribution in [3.8, 4) is 0 Å². The van der Waals surface area contributed by atoms with Gasteiger partial charge >= 0.3 is 6.03 Å². The maximum atomic E-state index is 11.3. The number of urea groups is 1. The molecule has 1 fully saturated rings. The molecule has 0 saturated carbocycles. The number of rotatable bonds is 3. The van der Waals surface area contributed by atoms with E-state index in [4.69, 9.17) is 5.73 Å². The Kier molecular flexibility index (Phi) is 4.72. The third kappa shape index (κ3) is 2.32. The minimum absolute atomic E-state index is 0. The molecule has 0 aliphatic carbocycles. The number of hydrogen-bond acceptors (Lipinski definition) is 3. The number of hydrogen-bond donors (Lipinski definition) is 2. The van der Waals surface area contributed by atoms with Crippen LogP contribution >= 0.6 is 12.4 Å². The molecule has 3 N–H and O–H groups in total. The van der Waals surface area contributed by atoms with E-state index in [1.165, 1.54) is 0 Å². The second-order valence-corrected chi connectivity index (χ2v) is 2.69. The molecule has 3 amide bonds. The highest BCUT2D eigenvalue weighted by Gasteiger charge is 2.35. The number of imide groups is 1. The van der Waals surface area contributed by atoms with Crippen LogP contribution in [-0.4, -0.2) is 36.0 Å². The first-order valence-electron chi connectivity index (χ1n) is 4.02. The molecule has 0 aromatic heterocycles. The van der Waals surface area contributed by atoms with Gasteiger partial charge in [0, 0.05) is 13.1 Å². The van der Waals surface area contributed by atoms with Crippen LogP contribution in [-0.2, 0) is 4.79 Å². The third-order valence-electron chi connectivity index (χ3n) is 1.87. The van der Waals surface area contributed by atoms with Crippen molar-refractivity contribution in [1.29, 1.82) is 0 Å². The van der Waals surface area contributed by atoms with Crippen LogP contribution in [0.4, 0.5) is 4.79 Å². The fourth-order valence-corrected chi connectivity index (χ4v) is 1.19. The van der Waals surface area contributed by atoms with Crippen molar-refractivity contribution in [1.82, 2.24) is 10.2 Å². The van der Waals surface area contributed by atoms with Crippen LogP contribution < -0.4 is 11.1 Å². The molecule has 6 heteroatoms. The van der Waals surface area contributed by atoms with Crippen LogP contribution in [0.25, 0.3) is 0 Å². The zero-order chi connectivity index (χ0) is 9.14. The number of nitrogens with zero attached hydrogens (tertiary/aromatic N) is 1. The number of nitrogens with one attached hydrogen (secondary N) is 1. The normalized spacial score (nSPS) is 21.4. The molecule has 0 spiro atoms. The predicted molar refractivity (Wildman–Crippen MR) is 50.6 cm³/mol. The summed E-state index contributed by atoms with van der Waals surface area (Å²) >= 11 is 0. The van der Waals surface area contributed by atoms with E-state index >= 15 is 0 Å². The van der Waals surface area contributed by atoms with Crippen LogP contribution in [0, 0.1) is 0 Å². The highest BCUT2D eigenvalue weighted by molar-refractivity contribution is 6.04. The Morgan fingerprint density at radius 1 is 1.54 bits per heavy atom. The van der Waals surface area contributed by atoms with Gasteiger partial charge in [-0.3, -0.25) is 9.69 Å². The molecule has 1 aliphatic heterocycles. The summed E-state index contributed by atoms with van der Waals surface area (Å²) in [6.45, 7) is 2.48. The van der Waals surface area contributed by atoms with Gasteiger partial charge in [-0.15, -0.1) is 12.4 Å². The van der Waals surface area contributed by atoms with E-state index in [-0.39, 0.29) is 30.4 Å². The van der Waals surface area contributed by atoms with Crippen LogP contribution in [0.5, 0.6) is 0 Å². The Bertz CT molecular complexity index is 210. The maximum absolute atomic E-state index is 11.3. The number of carbonyl (C=O) groups excluding carboxylic acids is 2.